The van der Waals surface area contributed by atoms with Gasteiger partial charge in [-0.05, 0) is 30.7 Å². The Bertz CT molecular complexity index is 671. The van der Waals surface area contributed by atoms with Crippen molar-refractivity contribution in [3.05, 3.63) is 42.3 Å². The summed E-state index contributed by atoms with van der Waals surface area (Å²) in [7, 11) is 3.37. The van der Waals surface area contributed by atoms with Gasteiger partial charge in [0.2, 0.25) is 5.91 Å². The summed E-state index contributed by atoms with van der Waals surface area (Å²) in [5, 5.41) is 9.21. The Hall–Kier alpha value is -2.69. The Kier molecular flexibility index (Phi) is 16.5. The lowest BCUT2D eigenvalue weighted by atomic mass is 9.92. The van der Waals surface area contributed by atoms with Gasteiger partial charge in [-0.1, -0.05) is 32.6 Å². The Balaban J connectivity index is 0.000000852. The molecular formula is C24H38N2O5. The Morgan fingerprint density at radius 3 is 2.42 bits per heavy atom. The highest BCUT2D eigenvalue weighted by Gasteiger charge is 2.28. The first-order valence-electron chi connectivity index (χ1n) is 10.7. The van der Waals surface area contributed by atoms with Crippen molar-refractivity contribution in [3.8, 4) is 17.6 Å². The van der Waals surface area contributed by atoms with Gasteiger partial charge in [-0.25, -0.2) is 0 Å². The third kappa shape index (κ3) is 14.0. The summed E-state index contributed by atoms with van der Waals surface area (Å²) in [4.78, 5) is 12.8. The molecule has 1 aromatic carbocycles. The summed E-state index contributed by atoms with van der Waals surface area (Å²) < 4.78 is 15.7. The summed E-state index contributed by atoms with van der Waals surface area (Å²) >= 11 is 0. The molecule has 174 valence electrons. The van der Waals surface area contributed by atoms with Crippen molar-refractivity contribution in [2.24, 2.45) is 5.73 Å². The molecule has 0 aliphatic heterocycles. The zero-order chi connectivity index (χ0) is 23.5. The minimum absolute atomic E-state index is 0.0434. The molecule has 1 aromatic rings. The average molecular weight is 435 g/mol. The number of rotatable bonds is 8. The number of aliphatic hydroxyl groups excluding tert-OH is 1. The predicted octanol–water partition coefficient (Wildman–Crippen LogP) is 2.91. The highest BCUT2D eigenvalue weighted by Crippen LogP contribution is 2.25. The van der Waals surface area contributed by atoms with Gasteiger partial charge in [0.25, 0.3) is 0 Å². The molecule has 0 unspecified atom stereocenters. The number of likely N-dealkylation sites (N-methyl/N-ethyl adjacent to an activating group) is 1. The number of ether oxygens (including phenoxy) is 3. The topological polar surface area (TPSA) is 94.3 Å². The highest BCUT2D eigenvalue weighted by atomic mass is 16.5. The number of carbonyl (C=O) groups is 1. The maximum Gasteiger partial charge on any atom is 0.248 e. The van der Waals surface area contributed by atoms with Crippen LogP contribution < -0.4 is 10.5 Å². The van der Waals surface area contributed by atoms with Gasteiger partial charge in [-0.2, -0.15) is 0 Å². The molecule has 0 radical (unpaired) electrons. The van der Waals surface area contributed by atoms with E-state index < -0.39 is 0 Å². The molecule has 1 aliphatic rings. The molecule has 31 heavy (non-hydrogen) atoms. The molecular weight excluding hydrogens is 396 g/mol. The number of aliphatic hydroxyl groups is 1. The van der Waals surface area contributed by atoms with E-state index in [1.165, 1.54) is 17.4 Å². The molecule has 2 rings (SSSR count). The van der Waals surface area contributed by atoms with Crippen LogP contribution in [-0.4, -0.2) is 62.0 Å². The highest BCUT2D eigenvalue weighted by molar-refractivity contribution is 5.76. The van der Waals surface area contributed by atoms with E-state index in [1.807, 2.05) is 45.0 Å². The Morgan fingerprint density at radius 2 is 1.90 bits per heavy atom. The summed E-state index contributed by atoms with van der Waals surface area (Å²) in [6.07, 6.45) is 5.21. The second-order valence-corrected chi connectivity index (χ2v) is 6.67. The first kappa shape index (κ1) is 28.3. The first-order chi connectivity index (χ1) is 15.0. The fraction of sp³-hybridized carbons (Fsp3) is 0.542. The molecule has 7 nitrogen and oxygen atoms in total. The Labute approximate surface area is 187 Å². The van der Waals surface area contributed by atoms with E-state index in [2.05, 4.69) is 11.8 Å². The minimum Gasteiger partial charge on any atom is -0.500 e. The van der Waals surface area contributed by atoms with E-state index in [-0.39, 0.29) is 31.3 Å². The number of nitrogens with two attached hydrogens (primary N) is 1. The van der Waals surface area contributed by atoms with Crippen LogP contribution in [0.1, 0.15) is 45.6 Å². The molecule has 0 heterocycles. The molecule has 0 bridgehead atoms. The van der Waals surface area contributed by atoms with E-state index >= 15 is 0 Å². The molecule has 0 aromatic heterocycles. The zero-order valence-electron chi connectivity index (χ0n) is 19.5. The fourth-order valence-corrected chi connectivity index (χ4v) is 2.14. The molecule has 0 atom stereocenters. The number of amides is 1. The smallest absolute Gasteiger partial charge is 0.248 e. The summed E-state index contributed by atoms with van der Waals surface area (Å²) in [5.41, 5.74) is 5.83. The maximum absolute atomic E-state index is 11.3. The van der Waals surface area contributed by atoms with E-state index in [1.54, 1.807) is 14.1 Å². The zero-order valence-corrected chi connectivity index (χ0v) is 19.5. The lowest BCUT2D eigenvalue weighted by molar-refractivity contribution is -0.133. The van der Waals surface area contributed by atoms with Crippen LogP contribution in [0.3, 0.4) is 0 Å². The molecule has 3 N–H and O–H groups in total. The van der Waals surface area contributed by atoms with E-state index in [0.29, 0.717) is 12.8 Å². The number of hydrogen-bond donors (Lipinski definition) is 2. The van der Waals surface area contributed by atoms with Gasteiger partial charge in [0.05, 0.1) is 19.0 Å². The number of carbonyl (C=O) groups excluding carboxylic acids is 1. The Morgan fingerprint density at radius 1 is 1.26 bits per heavy atom. The third-order valence-corrected chi connectivity index (χ3v) is 3.86. The lowest BCUT2D eigenvalue weighted by Gasteiger charge is -2.31. The monoisotopic (exact) mass is 434 g/mol. The van der Waals surface area contributed by atoms with Crippen LogP contribution >= 0.6 is 0 Å². The van der Waals surface area contributed by atoms with Gasteiger partial charge in [0, 0.05) is 38.7 Å². The van der Waals surface area contributed by atoms with Crippen LogP contribution in [0.5, 0.6) is 5.75 Å². The predicted molar refractivity (Wildman–Crippen MR) is 123 cm³/mol. The van der Waals surface area contributed by atoms with E-state index in [9.17, 15) is 9.90 Å². The summed E-state index contributed by atoms with van der Waals surface area (Å²) in [6.45, 7) is 7.07. The van der Waals surface area contributed by atoms with Crippen LogP contribution in [0.25, 0.3) is 0 Å². The molecule has 1 amide bonds. The van der Waals surface area contributed by atoms with Gasteiger partial charge >= 0.3 is 0 Å². The van der Waals surface area contributed by atoms with Crippen LogP contribution in [0.15, 0.2) is 36.7 Å². The van der Waals surface area contributed by atoms with Crippen LogP contribution in [0.4, 0.5) is 0 Å². The van der Waals surface area contributed by atoms with Crippen LogP contribution in [-0.2, 0) is 14.3 Å². The summed E-state index contributed by atoms with van der Waals surface area (Å²) in [5.74, 6) is 6.54. The maximum atomic E-state index is 11.3. The third-order valence-electron chi connectivity index (χ3n) is 3.86. The lowest BCUT2D eigenvalue weighted by Crippen LogP contribution is -2.37. The van der Waals surface area contributed by atoms with Crippen LogP contribution in [0, 0.1) is 11.8 Å². The number of hydrogen-bond acceptors (Lipinski definition) is 6. The molecule has 0 spiro atoms. The van der Waals surface area contributed by atoms with Gasteiger partial charge < -0.3 is 30.0 Å². The van der Waals surface area contributed by atoms with Crippen molar-refractivity contribution in [2.45, 2.75) is 52.2 Å². The van der Waals surface area contributed by atoms with E-state index in [4.69, 9.17) is 19.9 Å². The second kappa shape index (κ2) is 18.1. The van der Waals surface area contributed by atoms with Crippen LogP contribution in [0.2, 0.25) is 0 Å². The molecule has 7 heteroatoms. The van der Waals surface area contributed by atoms with Gasteiger partial charge in [0.15, 0.2) is 0 Å². The second-order valence-electron chi connectivity index (χ2n) is 6.67. The van der Waals surface area contributed by atoms with Crippen molar-refractivity contribution in [3.63, 3.8) is 0 Å². The molecule has 1 aliphatic carbocycles. The SMILES string of the molecule is CC.CCCO/C=C/N.CN(C)C(=O)COCC#Cc1ccc(OC2CC(O)C2)cc1. The van der Waals surface area contributed by atoms with Crippen molar-refractivity contribution in [1.82, 2.24) is 4.90 Å². The minimum atomic E-state index is -0.213. The molecule has 0 saturated heterocycles. The number of nitrogens with zero attached hydrogens (tertiary/aromatic N) is 1. The normalized spacial score (nSPS) is 16.3. The van der Waals surface area contributed by atoms with Crippen molar-refractivity contribution in [1.29, 1.82) is 0 Å². The van der Waals surface area contributed by atoms with Crippen molar-refractivity contribution >= 4 is 5.91 Å². The average Bonchev–Trinajstić information content (AvgIpc) is 2.75. The molecule has 1 saturated carbocycles. The van der Waals surface area contributed by atoms with E-state index in [0.717, 1.165) is 24.3 Å². The standard InChI is InChI=1S/C17H21NO4.C5H11NO.C2H6/c1-18(2)17(20)12-21-9-3-4-13-5-7-15(8-6-13)22-16-10-14(19)11-16;1-2-4-7-5-3-6;1-2/h5-8,14,16,19H,9-12H2,1-2H3;3,5H,2,4,6H2,1H3;1-2H3/b;5-3+;. The van der Waals surface area contributed by atoms with Gasteiger partial charge in [0.1, 0.15) is 25.1 Å². The first-order valence-corrected chi connectivity index (χ1v) is 10.7. The largest absolute Gasteiger partial charge is 0.500 e. The fourth-order valence-electron chi connectivity index (χ4n) is 2.14. The quantitative estimate of drug-likeness (QED) is 0.371. The van der Waals surface area contributed by atoms with Crippen molar-refractivity contribution < 1.29 is 24.1 Å². The molecule has 1 fully saturated rings. The van der Waals surface area contributed by atoms with Gasteiger partial charge in [-0.3, -0.25) is 4.79 Å². The number of benzene rings is 1. The summed E-state index contributed by atoms with van der Waals surface area (Å²) in [6, 6.07) is 7.49. The van der Waals surface area contributed by atoms with Gasteiger partial charge in [-0.15, -0.1) is 0 Å². The van der Waals surface area contributed by atoms with Crippen molar-refractivity contribution in [2.75, 3.05) is 33.9 Å².